The summed E-state index contributed by atoms with van der Waals surface area (Å²) >= 11 is 4.00. The summed E-state index contributed by atoms with van der Waals surface area (Å²) < 4.78 is 61.0. The van der Waals surface area contributed by atoms with Crippen LogP contribution in [0.15, 0.2) is 52.0 Å². The van der Waals surface area contributed by atoms with Crippen LogP contribution in [-0.4, -0.2) is 20.5 Å². The summed E-state index contributed by atoms with van der Waals surface area (Å²) in [7, 11) is -2.75. The molecule has 0 saturated heterocycles. The molecule has 0 amide bonds. The van der Waals surface area contributed by atoms with Crippen LogP contribution in [0.25, 0.3) is 0 Å². The first-order valence-electron chi connectivity index (χ1n) is 9.20. The van der Waals surface area contributed by atoms with Gasteiger partial charge in [-0.15, -0.1) is 0 Å². The number of benzene rings is 2. The lowest BCUT2D eigenvalue weighted by atomic mass is 9.98. The van der Waals surface area contributed by atoms with E-state index in [9.17, 15) is 17.2 Å². The lowest BCUT2D eigenvalue weighted by Crippen LogP contribution is -2.30. The molecule has 5 nitrogen and oxygen atoms in total. The second-order valence-corrected chi connectivity index (χ2v) is 11.5. The van der Waals surface area contributed by atoms with Crippen molar-refractivity contribution in [2.24, 2.45) is 0 Å². The van der Waals surface area contributed by atoms with Crippen LogP contribution in [0.3, 0.4) is 0 Å². The van der Waals surface area contributed by atoms with Crippen LogP contribution in [-0.2, 0) is 22.0 Å². The van der Waals surface area contributed by atoms with Crippen LogP contribution in [0.4, 0.5) is 13.8 Å². The zero-order valence-electron chi connectivity index (χ0n) is 17.3. The maximum Gasteiger partial charge on any atom is 0.265 e. The number of thiazole rings is 1. The molecule has 1 aromatic heterocycles. The topological polar surface area (TPSA) is 59.5 Å². The van der Waals surface area contributed by atoms with Crippen molar-refractivity contribution in [1.82, 2.24) is 4.98 Å². The Morgan fingerprint density at radius 3 is 2.19 bits per heavy atom. The number of ether oxygens (including phenoxy) is 1. The third-order valence-electron chi connectivity index (χ3n) is 4.41. The number of halogens is 3. The molecular weight excluding hydrogens is 510 g/mol. The predicted molar refractivity (Wildman–Crippen MR) is 121 cm³/mol. The molecule has 0 aliphatic carbocycles. The fraction of sp³-hybridized carbons (Fsp3) is 0.286. The zero-order chi connectivity index (χ0) is 23.0. The molecule has 0 bridgehead atoms. The lowest BCUT2D eigenvalue weighted by molar-refractivity contribution is 0.414. The maximum absolute atomic E-state index is 14.1. The third-order valence-corrected chi connectivity index (χ3v) is 8.47. The molecule has 0 unspecified atom stereocenters. The van der Waals surface area contributed by atoms with E-state index in [1.807, 2.05) is 20.8 Å². The van der Waals surface area contributed by atoms with Crippen molar-refractivity contribution >= 4 is 42.3 Å². The van der Waals surface area contributed by atoms with Crippen molar-refractivity contribution in [2.45, 2.75) is 37.6 Å². The van der Waals surface area contributed by atoms with Crippen molar-refractivity contribution in [1.29, 1.82) is 0 Å². The Balaban J connectivity index is 2.11. The molecule has 0 aliphatic heterocycles. The molecule has 3 rings (SSSR count). The molecule has 10 heteroatoms. The van der Waals surface area contributed by atoms with Crippen molar-refractivity contribution in [3.8, 4) is 5.75 Å². The summed E-state index contributed by atoms with van der Waals surface area (Å²) in [5.41, 5.74) is 0.391. The molecule has 0 N–H and O–H groups in total. The van der Waals surface area contributed by atoms with Gasteiger partial charge in [0.1, 0.15) is 22.4 Å². The SMILES string of the molecule is COc1ccc(CN(c2cnc(C(C)(C)C)s2)S(=O)(=O)c2cc(F)c(Br)c(F)c2)cc1. The highest BCUT2D eigenvalue weighted by atomic mass is 79.9. The van der Waals surface area contributed by atoms with Gasteiger partial charge < -0.3 is 4.74 Å². The van der Waals surface area contributed by atoms with Crippen LogP contribution < -0.4 is 9.04 Å². The van der Waals surface area contributed by atoms with Gasteiger partial charge in [0.05, 0.1) is 34.2 Å². The molecule has 0 saturated carbocycles. The van der Waals surface area contributed by atoms with Gasteiger partial charge in [0, 0.05) is 5.41 Å². The highest BCUT2D eigenvalue weighted by Crippen LogP contribution is 2.36. The second kappa shape index (κ2) is 8.84. The van der Waals surface area contributed by atoms with Gasteiger partial charge in [0.25, 0.3) is 10.0 Å². The zero-order valence-corrected chi connectivity index (χ0v) is 20.5. The van der Waals surface area contributed by atoms with E-state index in [2.05, 4.69) is 20.9 Å². The van der Waals surface area contributed by atoms with Crippen LogP contribution in [0.1, 0.15) is 31.3 Å². The molecule has 0 radical (unpaired) electrons. The summed E-state index contributed by atoms with van der Waals surface area (Å²) in [4.78, 5) is 3.89. The number of sulfonamides is 1. The van der Waals surface area contributed by atoms with Crippen molar-refractivity contribution < 1.29 is 21.9 Å². The van der Waals surface area contributed by atoms with Gasteiger partial charge in [0.15, 0.2) is 0 Å². The monoisotopic (exact) mass is 530 g/mol. The standard InChI is InChI=1S/C21H21BrF2N2O3S2/c1-21(2,3)20-25-11-18(30-20)26(12-13-5-7-14(29-4)8-6-13)31(27,28)15-9-16(23)19(22)17(24)10-15/h5-11H,12H2,1-4H3. The summed E-state index contributed by atoms with van der Waals surface area (Å²) in [6, 6.07) is 8.49. The van der Waals surface area contributed by atoms with Crippen LogP contribution >= 0.6 is 27.3 Å². The van der Waals surface area contributed by atoms with Crippen LogP contribution in [0, 0.1) is 11.6 Å². The van der Waals surface area contributed by atoms with E-state index in [0.29, 0.717) is 16.3 Å². The van der Waals surface area contributed by atoms with Crippen molar-refractivity contribution in [3.63, 3.8) is 0 Å². The molecule has 1 heterocycles. The number of nitrogens with zero attached hydrogens (tertiary/aromatic N) is 2. The number of hydrogen-bond acceptors (Lipinski definition) is 5. The molecule has 3 aromatic rings. The minimum atomic E-state index is -4.29. The first-order valence-corrected chi connectivity index (χ1v) is 12.2. The first-order chi connectivity index (χ1) is 14.4. The Morgan fingerprint density at radius 2 is 1.71 bits per heavy atom. The first kappa shape index (κ1) is 23.6. The number of methoxy groups -OCH3 is 1. The largest absolute Gasteiger partial charge is 0.497 e. The maximum atomic E-state index is 14.1. The molecule has 0 atom stereocenters. The summed E-state index contributed by atoms with van der Waals surface area (Å²) in [6.45, 7) is 5.86. The molecule has 0 fully saturated rings. The smallest absolute Gasteiger partial charge is 0.265 e. The van der Waals surface area contributed by atoms with Gasteiger partial charge in [-0.3, -0.25) is 4.31 Å². The average molecular weight is 531 g/mol. The quantitative estimate of drug-likeness (QED) is 0.373. The van der Waals surface area contributed by atoms with Gasteiger partial charge in [-0.05, 0) is 45.8 Å². The number of hydrogen-bond donors (Lipinski definition) is 0. The van der Waals surface area contributed by atoms with Crippen LogP contribution in [0.2, 0.25) is 0 Å². The Hall–Kier alpha value is -2.04. The fourth-order valence-corrected chi connectivity index (χ4v) is 5.59. The Labute approximate surface area is 192 Å². The van der Waals surface area contributed by atoms with Gasteiger partial charge in [0.2, 0.25) is 0 Å². The van der Waals surface area contributed by atoms with Crippen molar-refractivity contribution in [2.75, 3.05) is 11.4 Å². The van der Waals surface area contributed by atoms with E-state index in [1.54, 1.807) is 24.3 Å². The van der Waals surface area contributed by atoms with Gasteiger partial charge in [-0.25, -0.2) is 22.2 Å². The van der Waals surface area contributed by atoms with E-state index in [4.69, 9.17) is 4.74 Å². The Kier molecular flexibility index (Phi) is 6.73. The fourth-order valence-electron chi connectivity index (χ4n) is 2.71. The predicted octanol–water partition coefficient (Wildman–Crippen LogP) is 5.89. The van der Waals surface area contributed by atoms with E-state index >= 15 is 0 Å². The molecular formula is C21H21BrF2N2O3S2. The summed E-state index contributed by atoms with van der Waals surface area (Å²) in [5.74, 6) is -1.37. The minimum Gasteiger partial charge on any atom is -0.497 e. The van der Waals surface area contributed by atoms with Crippen LogP contribution in [0.5, 0.6) is 5.75 Å². The lowest BCUT2D eigenvalue weighted by Gasteiger charge is -2.23. The number of aromatic nitrogens is 1. The molecule has 0 spiro atoms. The molecule has 0 aliphatic rings. The van der Waals surface area contributed by atoms with E-state index < -0.39 is 31.0 Å². The van der Waals surface area contributed by atoms with Crippen molar-refractivity contribution in [3.05, 3.63) is 69.3 Å². The third kappa shape index (κ3) is 5.07. The Bertz CT molecular complexity index is 1170. The van der Waals surface area contributed by atoms with E-state index in [0.717, 1.165) is 21.4 Å². The van der Waals surface area contributed by atoms with Gasteiger partial charge in [-0.2, -0.15) is 0 Å². The summed E-state index contributed by atoms with van der Waals surface area (Å²) in [5, 5.41) is 1.09. The Morgan fingerprint density at radius 1 is 1.13 bits per heavy atom. The minimum absolute atomic E-state index is 0.0442. The normalized spacial score (nSPS) is 12.1. The van der Waals surface area contributed by atoms with Gasteiger partial charge >= 0.3 is 0 Å². The van der Waals surface area contributed by atoms with Gasteiger partial charge in [-0.1, -0.05) is 44.2 Å². The molecule has 166 valence electrons. The molecule has 31 heavy (non-hydrogen) atoms. The summed E-state index contributed by atoms with van der Waals surface area (Å²) in [6.07, 6.45) is 1.47. The highest BCUT2D eigenvalue weighted by molar-refractivity contribution is 9.10. The van der Waals surface area contributed by atoms with E-state index in [-0.39, 0.29) is 12.0 Å². The average Bonchev–Trinajstić information content (AvgIpc) is 3.20. The van der Waals surface area contributed by atoms with E-state index in [1.165, 1.54) is 24.6 Å². The second-order valence-electron chi connectivity index (χ2n) is 7.81. The highest BCUT2D eigenvalue weighted by Gasteiger charge is 2.30. The number of anilines is 1. The molecule has 2 aromatic carbocycles. The number of rotatable bonds is 6.